The third-order valence-corrected chi connectivity index (χ3v) is 7.38. The number of rotatable bonds is 6. The molecule has 0 atom stereocenters. The van der Waals surface area contributed by atoms with Crippen LogP contribution in [-0.4, -0.2) is 75.8 Å². The van der Waals surface area contributed by atoms with Crippen LogP contribution in [0, 0.1) is 6.92 Å². The Morgan fingerprint density at radius 1 is 1.10 bits per heavy atom. The molecule has 7 nitrogen and oxygen atoms in total. The largest absolute Gasteiger partial charge is 0.496 e. The number of nitrogens with zero attached hydrogens (tertiary/aromatic N) is 3. The molecule has 3 rings (SSSR count). The Kier molecular flexibility index (Phi) is 6.80. The van der Waals surface area contributed by atoms with Gasteiger partial charge in [-0.15, -0.1) is 0 Å². The van der Waals surface area contributed by atoms with Crippen molar-refractivity contribution in [1.29, 1.82) is 0 Å². The quantitative estimate of drug-likeness (QED) is 0.701. The van der Waals surface area contributed by atoms with Crippen molar-refractivity contribution < 1.29 is 17.9 Å². The lowest BCUT2D eigenvalue weighted by atomic mass is 10.1. The Labute approximate surface area is 178 Å². The molecule has 1 amide bonds. The number of amides is 1. The molecule has 1 saturated heterocycles. The molecular weight excluding hydrogens is 402 g/mol. The summed E-state index contributed by atoms with van der Waals surface area (Å²) in [6.07, 6.45) is 0. The molecule has 0 unspecified atom stereocenters. The molecule has 0 radical (unpaired) electrons. The number of benzene rings is 2. The van der Waals surface area contributed by atoms with Gasteiger partial charge in [0.25, 0.3) is 5.91 Å². The lowest BCUT2D eigenvalue weighted by Gasteiger charge is -2.31. The topological polar surface area (TPSA) is 70.2 Å². The Morgan fingerprint density at radius 3 is 2.43 bits per heavy atom. The first-order valence-corrected chi connectivity index (χ1v) is 11.3. The summed E-state index contributed by atoms with van der Waals surface area (Å²) in [6, 6.07) is 12.3. The Bertz CT molecular complexity index is 1010. The molecule has 2 aromatic rings. The molecular formula is C22H29N3O4S. The highest BCUT2D eigenvalue weighted by Crippen LogP contribution is 2.23. The standard InChI is InChI=1S/C22H29N3O4S/c1-17-9-10-19(30(27,28)25-13-11-23(2)12-14-25)15-20(17)22(26)24(3)16-18-7-5-6-8-21(18)29-4/h5-10,15H,11-14,16H2,1-4H3. The first-order chi connectivity index (χ1) is 14.2. The van der Waals surface area contributed by atoms with Gasteiger partial charge in [-0.25, -0.2) is 8.42 Å². The molecule has 1 aliphatic heterocycles. The fourth-order valence-electron chi connectivity index (χ4n) is 3.54. The summed E-state index contributed by atoms with van der Waals surface area (Å²) in [5.41, 5.74) is 2.02. The molecule has 1 fully saturated rings. The number of hydrogen-bond donors (Lipinski definition) is 0. The van der Waals surface area contributed by atoms with Gasteiger partial charge in [-0.2, -0.15) is 4.31 Å². The summed E-state index contributed by atoms with van der Waals surface area (Å²) in [5.74, 6) is 0.481. The molecule has 0 aromatic heterocycles. The van der Waals surface area contributed by atoms with Gasteiger partial charge in [-0.1, -0.05) is 24.3 Å². The van der Waals surface area contributed by atoms with Crippen LogP contribution < -0.4 is 4.74 Å². The van der Waals surface area contributed by atoms with Crippen LogP contribution in [0.2, 0.25) is 0 Å². The van der Waals surface area contributed by atoms with Crippen molar-refractivity contribution in [2.45, 2.75) is 18.4 Å². The van der Waals surface area contributed by atoms with Crippen molar-refractivity contribution in [2.24, 2.45) is 0 Å². The second kappa shape index (κ2) is 9.16. The summed E-state index contributed by atoms with van der Waals surface area (Å²) >= 11 is 0. The number of hydrogen-bond acceptors (Lipinski definition) is 5. The number of aryl methyl sites for hydroxylation is 1. The maximum atomic E-state index is 13.1. The van der Waals surface area contributed by atoms with Crippen LogP contribution in [0.5, 0.6) is 5.75 Å². The number of piperazine rings is 1. The molecule has 2 aromatic carbocycles. The molecule has 0 spiro atoms. The van der Waals surface area contributed by atoms with Crippen molar-refractivity contribution >= 4 is 15.9 Å². The molecule has 1 heterocycles. The lowest BCUT2D eigenvalue weighted by Crippen LogP contribution is -2.47. The number of likely N-dealkylation sites (N-methyl/N-ethyl adjacent to an activating group) is 1. The van der Waals surface area contributed by atoms with Crippen LogP contribution in [0.4, 0.5) is 0 Å². The number of ether oxygens (including phenoxy) is 1. The maximum Gasteiger partial charge on any atom is 0.254 e. The van der Waals surface area contributed by atoms with Crippen molar-refractivity contribution in [2.75, 3.05) is 47.4 Å². The van der Waals surface area contributed by atoms with E-state index in [1.165, 1.54) is 10.4 Å². The third kappa shape index (κ3) is 4.66. The first-order valence-electron chi connectivity index (χ1n) is 9.90. The SMILES string of the molecule is COc1ccccc1CN(C)C(=O)c1cc(S(=O)(=O)N2CCN(C)CC2)ccc1C. The smallest absolute Gasteiger partial charge is 0.254 e. The molecule has 0 aliphatic carbocycles. The fourth-order valence-corrected chi connectivity index (χ4v) is 4.98. The van der Waals surface area contributed by atoms with E-state index in [1.807, 2.05) is 38.2 Å². The number of carbonyl (C=O) groups is 1. The lowest BCUT2D eigenvalue weighted by molar-refractivity contribution is 0.0783. The average molecular weight is 432 g/mol. The van der Waals surface area contributed by atoms with Crippen molar-refractivity contribution in [3.63, 3.8) is 0 Å². The van der Waals surface area contributed by atoms with Crippen LogP contribution in [0.15, 0.2) is 47.4 Å². The van der Waals surface area contributed by atoms with Crippen LogP contribution in [-0.2, 0) is 16.6 Å². The van der Waals surface area contributed by atoms with Gasteiger partial charge in [0.05, 0.1) is 12.0 Å². The fraction of sp³-hybridized carbons (Fsp3) is 0.409. The van der Waals surface area contributed by atoms with E-state index < -0.39 is 10.0 Å². The zero-order valence-corrected chi connectivity index (χ0v) is 18.8. The number of methoxy groups -OCH3 is 1. The van der Waals surface area contributed by atoms with Crippen LogP contribution in [0.3, 0.4) is 0 Å². The minimum absolute atomic E-state index is 0.159. The van der Waals surface area contributed by atoms with Gasteiger partial charge in [0, 0.05) is 50.9 Å². The van der Waals surface area contributed by atoms with Gasteiger partial charge in [0.1, 0.15) is 5.75 Å². The molecule has 1 aliphatic rings. The van der Waals surface area contributed by atoms with Crippen LogP contribution in [0.1, 0.15) is 21.5 Å². The normalized spacial score (nSPS) is 15.7. The van der Waals surface area contributed by atoms with Gasteiger partial charge in [-0.05, 0) is 37.7 Å². The average Bonchev–Trinajstić information content (AvgIpc) is 2.74. The van der Waals surface area contributed by atoms with E-state index in [1.54, 1.807) is 31.2 Å². The molecule has 0 saturated carbocycles. The predicted molar refractivity (Wildman–Crippen MR) is 116 cm³/mol. The highest BCUT2D eigenvalue weighted by molar-refractivity contribution is 7.89. The van der Waals surface area contributed by atoms with E-state index in [2.05, 4.69) is 4.90 Å². The first kappa shape index (κ1) is 22.3. The molecule has 162 valence electrons. The third-order valence-electron chi connectivity index (χ3n) is 5.49. The van der Waals surface area contributed by atoms with Gasteiger partial charge in [0.15, 0.2) is 0 Å². The minimum atomic E-state index is -3.64. The zero-order valence-electron chi connectivity index (χ0n) is 18.0. The molecule has 30 heavy (non-hydrogen) atoms. The monoisotopic (exact) mass is 431 g/mol. The molecule has 0 bridgehead atoms. The van der Waals surface area contributed by atoms with Gasteiger partial charge >= 0.3 is 0 Å². The van der Waals surface area contributed by atoms with E-state index in [0.717, 1.165) is 11.1 Å². The minimum Gasteiger partial charge on any atom is -0.496 e. The van der Waals surface area contributed by atoms with E-state index in [-0.39, 0.29) is 10.8 Å². The Balaban J connectivity index is 1.84. The number of para-hydroxylation sites is 1. The highest BCUT2D eigenvalue weighted by Gasteiger charge is 2.28. The predicted octanol–water partition coefficient (Wildman–Crippen LogP) is 2.21. The van der Waals surface area contributed by atoms with Gasteiger partial charge in [-0.3, -0.25) is 4.79 Å². The Hall–Kier alpha value is -2.42. The summed E-state index contributed by atoms with van der Waals surface area (Å²) in [6.45, 7) is 4.46. The van der Waals surface area contributed by atoms with Crippen LogP contribution >= 0.6 is 0 Å². The number of carbonyl (C=O) groups excluding carboxylic acids is 1. The van der Waals surface area contributed by atoms with Crippen molar-refractivity contribution in [3.05, 3.63) is 59.2 Å². The maximum absolute atomic E-state index is 13.1. The van der Waals surface area contributed by atoms with Gasteiger partial charge in [0.2, 0.25) is 10.0 Å². The van der Waals surface area contributed by atoms with E-state index in [9.17, 15) is 13.2 Å². The summed E-state index contributed by atoms with van der Waals surface area (Å²) in [7, 11) is 1.64. The highest BCUT2D eigenvalue weighted by atomic mass is 32.2. The van der Waals surface area contributed by atoms with Crippen molar-refractivity contribution in [3.8, 4) is 5.75 Å². The summed E-state index contributed by atoms with van der Waals surface area (Å²) < 4.78 is 33.0. The van der Waals surface area contributed by atoms with Crippen molar-refractivity contribution in [1.82, 2.24) is 14.1 Å². The zero-order chi connectivity index (χ0) is 21.9. The van der Waals surface area contributed by atoms with Crippen LogP contribution in [0.25, 0.3) is 0 Å². The van der Waals surface area contributed by atoms with Gasteiger partial charge < -0.3 is 14.5 Å². The molecule has 0 N–H and O–H groups in total. The molecule has 8 heteroatoms. The van der Waals surface area contributed by atoms with E-state index >= 15 is 0 Å². The summed E-state index contributed by atoms with van der Waals surface area (Å²) in [4.78, 5) is 17.0. The number of sulfonamides is 1. The second-order valence-electron chi connectivity index (χ2n) is 7.66. The van der Waals surface area contributed by atoms with E-state index in [0.29, 0.717) is 44.0 Å². The van der Waals surface area contributed by atoms with E-state index in [4.69, 9.17) is 4.74 Å². The summed E-state index contributed by atoms with van der Waals surface area (Å²) in [5, 5.41) is 0. The second-order valence-corrected chi connectivity index (χ2v) is 9.60. The Morgan fingerprint density at radius 2 is 1.77 bits per heavy atom.